The minimum Gasteiger partial charge on any atom is -0.289 e. The average molecular weight is 232 g/mol. The lowest BCUT2D eigenvalue weighted by molar-refractivity contribution is 0.102. The molecule has 0 radical (unpaired) electrons. The number of H-pyrrole nitrogens is 1. The van der Waals surface area contributed by atoms with Gasteiger partial charge in [-0.25, -0.2) is 0 Å². The molecule has 7 nitrogen and oxygen atoms in total. The molecule has 0 bridgehead atoms. The van der Waals surface area contributed by atoms with Crippen molar-refractivity contribution in [1.29, 1.82) is 0 Å². The number of nitrogens with zero attached hydrogens (tertiary/aromatic N) is 4. The Morgan fingerprint density at radius 2 is 2.06 bits per heavy atom. The van der Waals surface area contributed by atoms with Crippen LogP contribution in [0.3, 0.4) is 0 Å². The summed E-state index contributed by atoms with van der Waals surface area (Å²) < 4.78 is 0. The fourth-order valence-electron chi connectivity index (χ4n) is 1.35. The molecular formula is C10H12N6O. The van der Waals surface area contributed by atoms with Crippen LogP contribution in [0.15, 0.2) is 6.07 Å². The van der Waals surface area contributed by atoms with Gasteiger partial charge in [-0.05, 0) is 26.8 Å². The molecule has 0 spiro atoms. The third kappa shape index (κ3) is 2.44. The van der Waals surface area contributed by atoms with Crippen molar-refractivity contribution >= 4 is 11.9 Å². The SMILES string of the molecule is Cc1cc(C(=O)Nc2n[nH]c(C)n2)c(C)nn1. The Morgan fingerprint density at radius 3 is 2.71 bits per heavy atom. The fourth-order valence-corrected chi connectivity index (χ4v) is 1.35. The molecule has 7 heteroatoms. The molecule has 0 saturated carbocycles. The highest BCUT2D eigenvalue weighted by atomic mass is 16.1. The number of hydrogen-bond donors (Lipinski definition) is 2. The van der Waals surface area contributed by atoms with Gasteiger partial charge in [-0.3, -0.25) is 15.2 Å². The molecule has 88 valence electrons. The van der Waals surface area contributed by atoms with E-state index in [1.807, 2.05) is 0 Å². The lowest BCUT2D eigenvalue weighted by atomic mass is 10.2. The molecule has 2 N–H and O–H groups in total. The predicted molar refractivity (Wildman–Crippen MR) is 60.6 cm³/mol. The van der Waals surface area contributed by atoms with Crippen molar-refractivity contribution in [3.63, 3.8) is 0 Å². The maximum absolute atomic E-state index is 11.9. The number of aryl methyl sites for hydroxylation is 3. The molecule has 2 rings (SSSR count). The Balaban J connectivity index is 2.22. The zero-order valence-electron chi connectivity index (χ0n) is 9.77. The van der Waals surface area contributed by atoms with Crippen LogP contribution in [0.2, 0.25) is 0 Å². The number of aromatic nitrogens is 5. The molecule has 2 aromatic rings. The Labute approximate surface area is 97.7 Å². The van der Waals surface area contributed by atoms with Gasteiger partial charge >= 0.3 is 0 Å². The van der Waals surface area contributed by atoms with E-state index < -0.39 is 0 Å². The summed E-state index contributed by atoms with van der Waals surface area (Å²) in [6, 6.07) is 1.68. The largest absolute Gasteiger partial charge is 0.289 e. The number of carbonyl (C=O) groups excluding carboxylic acids is 1. The second-order valence-electron chi connectivity index (χ2n) is 3.68. The highest BCUT2D eigenvalue weighted by Crippen LogP contribution is 2.08. The van der Waals surface area contributed by atoms with Crippen LogP contribution < -0.4 is 5.32 Å². The molecule has 0 fully saturated rings. The number of rotatable bonds is 2. The monoisotopic (exact) mass is 232 g/mol. The molecule has 0 aromatic carbocycles. The van der Waals surface area contributed by atoms with E-state index in [4.69, 9.17) is 0 Å². The molecule has 0 unspecified atom stereocenters. The van der Waals surface area contributed by atoms with Crippen LogP contribution in [-0.2, 0) is 0 Å². The molecule has 2 heterocycles. The van der Waals surface area contributed by atoms with E-state index in [1.165, 1.54) is 0 Å². The fraction of sp³-hybridized carbons (Fsp3) is 0.300. The topological polar surface area (TPSA) is 96.5 Å². The van der Waals surface area contributed by atoms with Gasteiger partial charge in [0.25, 0.3) is 5.91 Å². The minimum absolute atomic E-state index is 0.251. The first kappa shape index (κ1) is 11.2. The molecule has 0 aliphatic rings. The van der Waals surface area contributed by atoms with Crippen molar-refractivity contribution in [2.24, 2.45) is 0 Å². The minimum atomic E-state index is -0.292. The van der Waals surface area contributed by atoms with Crippen molar-refractivity contribution in [2.75, 3.05) is 5.32 Å². The van der Waals surface area contributed by atoms with Crippen LogP contribution in [0.25, 0.3) is 0 Å². The van der Waals surface area contributed by atoms with Gasteiger partial charge in [-0.15, -0.1) is 5.10 Å². The average Bonchev–Trinajstić information content (AvgIpc) is 2.67. The van der Waals surface area contributed by atoms with Gasteiger partial charge < -0.3 is 0 Å². The highest BCUT2D eigenvalue weighted by molar-refractivity contribution is 6.04. The summed E-state index contributed by atoms with van der Waals surface area (Å²) in [5, 5.41) is 16.8. The first-order chi connectivity index (χ1) is 8.06. The molecule has 0 aliphatic heterocycles. The van der Waals surface area contributed by atoms with E-state index in [-0.39, 0.29) is 11.9 Å². The molecule has 0 aliphatic carbocycles. The lowest BCUT2D eigenvalue weighted by Gasteiger charge is -2.03. The van der Waals surface area contributed by atoms with Crippen LogP contribution in [0, 0.1) is 20.8 Å². The van der Waals surface area contributed by atoms with Gasteiger partial charge in [0.1, 0.15) is 5.82 Å². The van der Waals surface area contributed by atoms with Gasteiger partial charge in [-0.1, -0.05) is 0 Å². The Bertz CT molecular complexity index is 562. The summed E-state index contributed by atoms with van der Waals surface area (Å²) in [6.07, 6.45) is 0. The number of amides is 1. The number of hydrogen-bond acceptors (Lipinski definition) is 5. The van der Waals surface area contributed by atoms with E-state index in [1.54, 1.807) is 26.8 Å². The standard InChI is InChI=1S/C10H12N6O/c1-5-4-8(6(2)14-13-5)9(17)12-10-11-7(3)15-16-10/h4H,1-3H3,(H2,11,12,15,16,17). The van der Waals surface area contributed by atoms with E-state index in [0.717, 1.165) is 0 Å². The van der Waals surface area contributed by atoms with Gasteiger partial charge in [-0.2, -0.15) is 15.2 Å². The molecular weight excluding hydrogens is 220 g/mol. The van der Waals surface area contributed by atoms with Crippen LogP contribution in [0.1, 0.15) is 27.6 Å². The van der Waals surface area contributed by atoms with Crippen LogP contribution >= 0.6 is 0 Å². The first-order valence-corrected chi connectivity index (χ1v) is 5.07. The zero-order valence-corrected chi connectivity index (χ0v) is 9.77. The van der Waals surface area contributed by atoms with Crippen molar-refractivity contribution in [3.8, 4) is 0 Å². The van der Waals surface area contributed by atoms with Crippen molar-refractivity contribution in [3.05, 3.63) is 28.8 Å². The van der Waals surface area contributed by atoms with E-state index in [2.05, 4.69) is 30.7 Å². The Morgan fingerprint density at radius 1 is 1.29 bits per heavy atom. The lowest BCUT2D eigenvalue weighted by Crippen LogP contribution is -2.16. The van der Waals surface area contributed by atoms with E-state index in [9.17, 15) is 4.79 Å². The van der Waals surface area contributed by atoms with Gasteiger partial charge in [0.2, 0.25) is 5.95 Å². The normalized spacial score (nSPS) is 10.3. The summed E-state index contributed by atoms with van der Waals surface area (Å²) in [5.74, 6) is 0.599. The summed E-state index contributed by atoms with van der Waals surface area (Å²) in [5.41, 5.74) is 1.73. The van der Waals surface area contributed by atoms with E-state index >= 15 is 0 Å². The number of aromatic amines is 1. The van der Waals surface area contributed by atoms with Gasteiger partial charge in [0.15, 0.2) is 0 Å². The number of anilines is 1. The van der Waals surface area contributed by atoms with Gasteiger partial charge in [0.05, 0.1) is 17.0 Å². The summed E-state index contributed by atoms with van der Waals surface area (Å²) in [7, 11) is 0. The maximum Gasteiger partial charge on any atom is 0.260 e. The second kappa shape index (κ2) is 4.28. The molecule has 0 atom stereocenters. The first-order valence-electron chi connectivity index (χ1n) is 5.07. The third-order valence-corrected chi connectivity index (χ3v) is 2.17. The Hall–Kier alpha value is -2.31. The van der Waals surface area contributed by atoms with Crippen molar-refractivity contribution in [1.82, 2.24) is 25.4 Å². The Kier molecular flexibility index (Phi) is 2.82. The third-order valence-electron chi connectivity index (χ3n) is 2.17. The van der Waals surface area contributed by atoms with Crippen LogP contribution in [0.4, 0.5) is 5.95 Å². The second-order valence-corrected chi connectivity index (χ2v) is 3.68. The molecule has 1 amide bonds. The molecule has 2 aromatic heterocycles. The molecule has 17 heavy (non-hydrogen) atoms. The van der Waals surface area contributed by atoms with Crippen molar-refractivity contribution < 1.29 is 4.79 Å². The van der Waals surface area contributed by atoms with Crippen molar-refractivity contribution in [2.45, 2.75) is 20.8 Å². The zero-order chi connectivity index (χ0) is 12.4. The maximum atomic E-state index is 11.9. The quantitative estimate of drug-likeness (QED) is 0.797. The van der Waals surface area contributed by atoms with Crippen LogP contribution in [-0.4, -0.2) is 31.3 Å². The predicted octanol–water partition coefficient (Wildman–Crippen LogP) is 0.772. The summed E-state index contributed by atoms with van der Waals surface area (Å²) in [6.45, 7) is 5.26. The number of carbonyl (C=O) groups is 1. The highest BCUT2D eigenvalue weighted by Gasteiger charge is 2.13. The van der Waals surface area contributed by atoms with Crippen LogP contribution in [0.5, 0.6) is 0 Å². The smallest absolute Gasteiger partial charge is 0.260 e. The van der Waals surface area contributed by atoms with E-state index in [0.29, 0.717) is 22.8 Å². The summed E-state index contributed by atoms with van der Waals surface area (Å²) >= 11 is 0. The van der Waals surface area contributed by atoms with Gasteiger partial charge in [0, 0.05) is 0 Å². The summed E-state index contributed by atoms with van der Waals surface area (Å²) in [4.78, 5) is 15.9. The number of nitrogens with one attached hydrogen (secondary N) is 2. The molecule has 0 saturated heterocycles.